The van der Waals surface area contributed by atoms with E-state index in [1.165, 1.54) is 13.0 Å². The fourth-order valence-corrected chi connectivity index (χ4v) is 1.65. The van der Waals surface area contributed by atoms with Gasteiger partial charge in [-0.3, -0.25) is 4.79 Å². The molecule has 0 aliphatic rings. The molecule has 0 atom stereocenters. The van der Waals surface area contributed by atoms with E-state index in [9.17, 15) is 9.18 Å². The van der Waals surface area contributed by atoms with Crippen LogP contribution in [-0.4, -0.2) is 44.9 Å². The van der Waals surface area contributed by atoms with Crippen molar-refractivity contribution in [3.63, 3.8) is 0 Å². The molecule has 0 saturated carbocycles. The molecule has 0 aliphatic carbocycles. The molecule has 94 valence electrons. The van der Waals surface area contributed by atoms with E-state index in [4.69, 9.17) is 0 Å². The van der Waals surface area contributed by atoms with Crippen molar-refractivity contribution in [1.29, 1.82) is 0 Å². The first kappa shape index (κ1) is 13.6. The molecule has 0 aliphatic heterocycles. The molecule has 0 heterocycles. The molecular weight excluding hydrogens is 219 g/mol. The molecule has 1 aromatic rings. The Morgan fingerprint density at radius 1 is 1.24 bits per heavy atom. The molecule has 3 nitrogen and oxygen atoms in total. The van der Waals surface area contributed by atoms with E-state index < -0.39 is 5.82 Å². The van der Waals surface area contributed by atoms with E-state index in [1.54, 1.807) is 12.1 Å². The lowest BCUT2D eigenvalue weighted by atomic mass is 10.1. The second kappa shape index (κ2) is 5.77. The monoisotopic (exact) mass is 238 g/mol. The molecule has 0 aromatic heterocycles. The summed E-state index contributed by atoms with van der Waals surface area (Å²) in [5.41, 5.74) is 0.827. The van der Waals surface area contributed by atoms with Crippen molar-refractivity contribution in [3.05, 3.63) is 29.6 Å². The van der Waals surface area contributed by atoms with E-state index >= 15 is 0 Å². The van der Waals surface area contributed by atoms with Gasteiger partial charge < -0.3 is 9.80 Å². The first-order chi connectivity index (χ1) is 7.93. The van der Waals surface area contributed by atoms with Crippen molar-refractivity contribution < 1.29 is 9.18 Å². The van der Waals surface area contributed by atoms with Crippen LogP contribution in [0.5, 0.6) is 0 Å². The topological polar surface area (TPSA) is 23.6 Å². The summed E-state index contributed by atoms with van der Waals surface area (Å²) in [6.45, 7) is 2.99. The van der Waals surface area contributed by atoms with Crippen LogP contribution in [0.15, 0.2) is 18.2 Å². The SMILES string of the molecule is CC(=O)c1c(F)cccc1N(C)CCN(C)C. The second-order valence-corrected chi connectivity index (χ2v) is 4.41. The van der Waals surface area contributed by atoms with Crippen LogP contribution in [0.3, 0.4) is 0 Å². The standard InChI is InChI=1S/C13H19FN2O/c1-10(17)13-11(14)6-5-7-12(13)16(4)9-8-15(2)3/h5-7H,8-9H2,1-4H3. The van der Waals surface area contributed by atoms with Gasteiger partial charge in [0.15, 0.2) is 5.78 Å². The van der Waals surface area contributed by atoms with Gasteiger partial charge in [-0.05, 0) is 33.2 Å². The number of hydrogen-bond acceptors (Lipinski definition) is 3. The van der Waals surface area contributed by atoms with E-state index in [-0.39, 0.29) is 11.3 Å². The maximum atomic E-state index is 13.6. The van der Waals surface area contributed by atoms with Gasteiger partial charge in [0.05, 0.1) is 11.3 Å². The molecular formula is C13H19FN2O. The number of Topliss-reactive ketones (excluding diaryl/α,β-unsaturated/α-hetero) is 1. The summed E-state index contributed by atoms with van der Waals surface area (Å²) in [7, 11) is 5.82. The zero-order valence-corrected chi connectivity index (χ0v) is 10.8. The minimum Gasteiger partial charge on any atom is -0.373 e. The lowest BCUT2D eigenvalue weighted by Gasteiger charge is -2.23. The number of anilines is 1. The van der Waals surface area contributed by atoms with Crippen LogP contribution >= 0.6 is 0 Å². The molecule has 0 bridgehead atoms. The molecule has 17 heavy (non-hydrogen) atoms. The van der Waals surface area contributed by atoms with Gasteiger partial charge in [-0.1, -0.05) is 6.07 Å². The number of likely N-dealkylation sites (N-methyl/N-ethyl adjacent to an activating group) is 2. The van der Waals surface area contributed by atoms with Crippen LogP contribution in [0.2, 0.25) is 0 Å². The quantitative estimate of drug-likeness (QED) is 0.733. The number of carbonyl (C=O) groups is 1. The normalized spacial score (nSPS) is 10.7. The van der Waals surface area contributed by atoms with Gasteiger partial charge in [0.25, 0.3) is 0 Å². The number of nitrogens with zero attached hydrogens (tertiary/aromatic N) is 2. The first-order valence-corrected chi connectivity index (χ1v) is 5.58. The zero-order chi connectivity index (χ0) is 13.0. The minimum atomic E-state index is -0.452. The number of benzene rings is 1. The summed E-state index contributed by atoms with van der Waals surface area (Å²) in [4.78, 5) is 15.4. The van der Waals surface area contributed by atoms with Crippen molar-refractivity contribution in [1.82, 2.24) is 4.90 Å². The predicted molar refractivity (Wildman–Crippen MR) is 68.2 cm³/mol. The molecule has 0 unspecified atom stereocenters. The fourth-order valence-electron chi connectivity index (χ4n) is 1.65. The molecule has 4 heteroatoms. The Bertz CT molecular complexity index is 404. The molecule has 0 N–H and O–H groups in total. The highest BCUT2D eigenvalue weighted by Gasteiger charge is 2.15. The second-order valence-electron chi connectivity index (χ2n) is 4.41. The molecule has 0 fully saturated rings. The zero-order valence-electron chi connectivity index (χ0n) is 10.8. The maximum Gasteiger partial charge on any atom is 0.164 e. The summed E-state index contributed by atoms with van der Waals surface area (Å²) < 4.78 is 13.6. The third-order valence-corrected chi connectivity index (χ3v) is 2.64. The highest BCUT2D eigenvalue weighted by Crippen LogP contribution is 2.22. The lowest BCUT2D eigenvalue weighted by molar-refractivity contribution is 0.101. The number of halogens is 1. The summed E-state index contributed by atoms with van der Waals surface area (Å²) in [5, 5.41) is 0. The largest absolute Gasteiger partial charge is 0.373 e. The first-order valence-electron chi connectivity index (χ1n) is 5.58. The summed E-state index contributed by atoms with van der Waals surface area (Å²) in [5.74, 6) is -0.693. The molecule has 0 spiro atoms. The average molecular weight is 238 g/mol. The van der Waals surface area contributed by atoms with E-state index in [0.717, 1.165) is 13.1 Å². The summed E-state index contributed by atoms with van der Waals surface area (Å²) >= 11 is 0. The number of ketones is 1. The lowest BCUT2D eigenvalue weighted by Crippen LogP contribution is -2.29. The van der Waals surface area contributed by atoms with Crippen molar-refractivity contribution in [3.8, 4) is 0 Å². The Hall–Kier alpha value is -1.42. The third kappa shape index (κ3) is 3.53. The van der Waals surface area contributed by atoms with Crippen molar-refractivity contribution >= 4 is 11.5 Å². The Labute approximate surface area is 102 Å². The van der Waals surface area contributed by atoms with Crippen LogP contribution in [0.25, 0.3) is 0 Å². The Morgan fingerprint density at radius 3 is 2.41 bits per heavy atom. The van der Waals surface area contributed by atoms with Gasteiger partial charge in [-0.25, -0.2) is 4.39 Å². The molecule has 0 saturated heterocycles. The minimum absolute atomic E-state index is 0.175. The smallest absolute Gasteiger partial charge is 0.164 e. The fraction of sp³-hybridized carbons (Fsp3) is 0.462. The van der Waals surface area contributed by atoms with Gasteiger partial charge in [0, 0.05) is 20.1 Å². The van der Waals surface area contributed by atoms with Gasteiger partial charge in [0.1, 0.15) is 5.82 Å². The Morgan fingerprint density at radius 2 is 1.88 bits per heavy atom. The number of carbonyl (C=O) groups excluding carboxylic acids is 1. The molecule has 1 rings (SSSR count). The van der Waals surface area contributed by atoms with Gasteiger partial charge in [-0.2, -0.15) is 0 Å². The maximum absolute atomic E-state index is 13.6. The third-order valence-electron chi connectivity index (χ3n) is 2.64. The number of hydrogen-bond donors (Lipinski definition) is 0. The highest BCUT2D eigenvalue weighted by atomic mass is 19.1. The van der Waals surface area contributed by atoms with Gasteiger partial charge >= 0.3 is 0 Å². The van der Waals surface area contributed by atoms with Crippen LogP contribution < -0.4 is 4.90 Å². The molecule has 1 aromatic carbocycles. The Kier molecular flexibility index (Phi) is 4.63. The van der Waals surface area contributed by atoms with Crippen molar-refractivity contribution in [2.75, 3.05) is 39.1 Å². The van der Waals surface area contributed by atoms with E-state index in [2.05, 4.69) is 0 Å². The predicted octanol–water partition coefficient (Wildman–Crippen LogP) is 2.03. The Balaban J connectivity index is 2.96. The number of rotatable bonds is 5. The van der Waals surface area contributed by atoms with Crippen LogP contribution in [-0.2, 0) is 0 Å². The van der Waals surface area contributed by atoms with Crippen LogP contribution in [0, 0.1) is 5.82 Å². The molecule has 0 amide bonds. The highest BCUT2D eigenvalue weighted by molar-refractivity contribution is 5.99. The summed E-state index contributed by atoms with van der Waals surface area (Å²) in [6.07, 6.45) is 0. The average Bonchev–Trinajstić information content (AvgIpc) is 2.24. The summed E-state index contributed by atoms with van der Waals surface area (Å²) in [6, 6.07) is 4.72. The van der Waals surface area contributed by atoms with E-state index in [0.29, 0.717) is 5.69 Å². The van der Waals surface area contributed by atoms with Crippen LogP contribution in [0.1, 0.15) is 17.3 Å². The van der Waals surface area contributed by atoms with Crippen LogP contribution in [0.4, 0.5) is 10.1 Å². The van der Waals surface area contributed by atoms with Crippen molar-refractivity contribution in [2.24, 2.45) is 0 Å². The van der Waals surface area contributed by atoms with Gasteiger partial charge in [-0.15, -0.1) is 0 Å². The van der Waals surface area contributed by atoms with E-state index in [1.807, 2.05) is 30.9 Å². The molecule has 0 radical (unpaired) electrons. The van der Waals surface area contributed by atoms with Gasteiger partial charge in [0.2, 0.25) is 0 Å². The van der Waals surface area contributed by atoms with Crippen molar-refractivity contribution in [2.45, 2.75) is 6.92 Å².